The number of phenolic OH excluding ortho intramolecular Hbond substituents is 1. The second kappa shape index (κ2) is 13.2. The molecule has 1 aromatic carbocycles. The number of cyclic esters (lactones) is 2. The summed E-state index contributed by atoms with van der Waals surface area (Å²) in [6, 6.07) is 7.44. The number of ether oxygens (including phenoxy) is 1. The lowest BCUT2D eigenvalue weighted by Crippen LogP contribution is -2.18. The van der Waals surface area contributed by atoms with Gasteiger partial charge in [0.05, 0.1) is 12.3 Å². The Balaban J connectivity index is 1.72. The van der Waals surface area contributed by atoms with E-state index in [0.717, 1.165) is 44.9 Å². The summed E-state index contributed by atoms with van der Waals surface area (Å²) in [4.78, 5) is 23.5. The molecule has 0 bridgehead atoms. The van der Waals surface area contributed by atoms with Crippen LogP contribution in [0.15, 0.2) is 36.4 Å². The maximum Gasteiger partial charge on any atom is 0.317 e. The quantitative estimate of drug-likeness (QED) is 0.177. The molecule has 0 aliphatic carbocycles. The Hall–Kier alpha value is -2.10. The Kier molecular flexibility index (Phi) is 10.5. The number of carbonyl (C=O) groups is 2. The smallest absolute Gasteiger partial charge is 0.317 e. The summed E-state index contributed by atoms with van der Waals surface area (Å²) in [6.45, 7) is 2.21. The molecule has 1 aromatic rings. The van der Waals surface area contributed by atoms with Gasteiger partial charge in [-0.1, -0.05) is 69.7 Å². The molecule has 29 heavy (non-hydrogen) atoms. The van der Waals surface area contributed by atoms with Crippen molar-refractivity contribution >= 4 is 11.9 Å². The highest BCUT2D eigenvalue weighted by molar-refractivity contribution is 5.94. The standard InChI is InChI=1S/C25H36O4/c1-2-3-4-5-6-10-15-21(23-19-24(27)29-25(23)28)16-11-8-7-9-13-20-14-12-17-22(26)18-20/h10,12,14-15,17-18,21,23,26H,2-9,11,13,16,19H2,1H3/b15-10+. The molecule has 2 unspecified atom stereocenters. The van der Waals surface area contributed by atoms with E-state index >= 15 is 0 Å². The minimum Gasteiger partial charge on any atom is -0.508 e. The highest BCUT2D eigenvalue weighted by Crippen LogP contribution is 2.30. The lowest BCUT2D eigenvalue weighted by molar-refractivity contribution is -0.153. The fraction of sp³-hybridized carbons (Fsp3) is 0.600. The van der Waals surface area contributed by atoms with Crippen molar-refractivity contribution < 1.29 is 19.4 Å². The molecular weight excluding hydrogens is 364 g/mol. The minimum absolute atomic E-state index is 0.103. The molecule has 0 radical (unpaired) electrons. The number of aryl methyl sites for hydroxylation is 1. The average Bonchev–Trinajstić information content (AvgIpc) is 3.03. The lowest BCUT2D eigenvalue weighted by atomic mass is 9.85. The number of esters is 2. The monoisotopic (exact) mass is 400 g/mol. The molecule has 160 valence electrons. The molecule has 2 atom stereocenters. The number of aromatic hydroxyl groups is 1. The first-order valence-electron chi connectivity index (χ1n) is 11.3. The third-order valence-corrected chi connectivity index (χ3v) is 5.69. The first-order valence-corrected chi connectivity index (χ1v) is 11.3. The molecule has 1 saturated heterocycles. The van der Waals surface area contributed by atoms with Gasteiger partial charge in [-0.3, -0.25) is 9.59 Å². The lowest BCUT2D eigenvalue weighted by Gasteiger charge is -2.16. The van der Waals surface area contributed by atoms with Gasteiger partial charge >= 0.3 is 11.9 Å². The molecule has 1 aliphatic heterocycles. The van der Waals surface area contributed by atoms with E-state index in [9.17, 15) is 14.7 Å². The van der Waals surface area contributed by atoms with Gasteiger partial charge in [0.2, 0.25) is 0 Å². The first kappa shape index (κ1) is 23.2. The number of unbranched alkanes of at least 4 members (excludes halogenated alkanes) is 7. The number of allylic oxidation sites excluding steroid dienone is 2. The second-order valence-electron chi connectivity index (χ2n) is 8.17. The fourth-order valence-corrected chi connectivity index (χ4v) is 3.98. The zero-order chi connectivity index (χ0) is 20.9. The van der Waals surface area contributed by atoms with E-state index in [0.29, 0.717) is 5.75 Å². The van der Waals surface area contributed by atoms with Crippen LogP contribution in [0, 0.1) is 11.8 Å². The van der Waals surface area contributed by atoms with Crippen LogP contribution in [-0.4, -0.2) is 17.0 Å². The largest absolute Gasteiger partial charge is 0.508 e. The van der Waals surface area contributed by atoms with E-state index in [1.165, 1.54) is 31.2 Å². The Morgan fingerprint density at radius 1 is 1.10 bits per heavy atom. The molecule has 1 fully saturated rings. The van der Waals surface area contributed by atoms with Crippen molar-refractivity contribution in [2.45, 2.75) is 84.0 Å². The fourth-order valence-electron chi connectivity index (χ4n) is 3.98. The van der Waals surface area contributed by atoms with Crippen LogP contribution < -0.4 is 0 Å². The summed E-state index contributed by atoms with van der Waals surface area (Å²) in [6.07, 6.45) is 16.8. The number of hydrogen-bond acceptors (Lipinski definition) is 4. The number of phenols is 1. The summed E-state index contributed by atoms with van der Waals surface area (Å²) in [5.41, 5.74) is 1.17. The van der Waals surface area contributed by atoms with Gasteiger partial charge in [-0.2, -0.15) is 0 Å². The Bertz CT molecular complexity index is 665. The van der Waals surface area contributed by atoms with Gasteiger partial charge in [0.15, 0.2) is 0 Å². The van der Waals surface area contributed by atoms with Crippen molar-refractivity contribution in [3.63, 3.8) is 0 Å². The van der Waals surface area contributed by atoms with Gasteiger partial charge in [-0.15, -0.1) is 0 Å². The van der Waals surface area contributed by atoms with E-state index in [1.54, 1.807) is 6.07 Å². The molecule has 0 saturated carbocycles. The van der Waals surface area contributed by atoms with Crippen LogP contribution >= 0.6 is 0 Å². The Morgan fingerprint density at radius 3 is 2.62 bits per heavy atom. The predicted octanol–water partition coefficient (Wildman–Crippen LogP) is 6.12. The van der Waals surface area contributed by atoms with Crippen LogP contribution in [0.1, 0.15) is 83.1 Å². The van der Waals surface area contributed by atoms with Crippen LogP contribution in [0.25, 0.3) is 0 Å². The maximum atomic E-state index is 12.0. The second-order valence-corrected chi connectivity index (χ2v) is 8.17. The SMILES string of the molecule is CCCCCC/C=C/C(CCCCCCc1cccc(O)c1)C1CC(=O)OC1=O. The van der Waals surface area contributed by atoms with Crippen LogP contribution in [-0.2, 0) is 20.7 Å². The normalized spacial score (nSPS) is 17.8. The van der Waals surface area contributed by atoms with Crippen LogP contribution in [0.5, 0.6) is 5.75 Å². The van der Waals surface area contributed by atoms with Crippen LogP contribution in [0.2, 0.25) is 0 Å². The molecule has 0 amide bonds. The van der Waals surface area contributed by atoms with Crippen molar-refractivity contribution in [1.29, 1.82) is 0 Å². The zero-order valence-electron chi connectivity index (χ0n) is 17.8. The predicted molar refractivity (Wildman–Crippen MR) is 115 cm³/mol. The highest BCUT2D eigenvalue weighted by atomic mass is 16.6. The van der Waals surface area contributed by atoms with E-state index in [-0.39, 0.29) is 30.2 Å². The van der Waals surface area contributed by atoms with Crippen molar-refractivity contribution in [2.75, 3.05) is 0 Å². The Labute approximate surface area is 175 Å². The van der Waals surface area contributed by atoms with Gasteiger partial charge in [-0.25, -0.2) is 0 Å². The Morgan fingerprint density at radius 2 is 1.90 bits per heavy atom. The zero-order valence-corrected chi connectivity index (χ0v) is 17.8. The van der Waals surface area contributed by atoms with E-state index in [4.69, 9.17) is 4.74 Å². The maximum absolute atomic E-state index is 12.0. The van der Waals surface area contributed by atoms with E-state index in [2.05, 4.69) is 19.1 Å². The van der Waals surface area contributed by atoms with E-state index < -0.39 is 0 Å². The van der Waals surface area contributed by atoms with Crippen LogP contribution in [0.3, 0.4) is 0 Å². The molecule has 2 rings (SSSR count). The molecule has 1 aliphatic rings. The molecule has 1 heterocycles. The molecule has 0 aromatic heterocycles. The van der Waals surface area contributed by atoms with Crippen molar-refractivity contribution in [1.82, 2.24) is 0 Å². The van der Waals surface area contributed by atoms with Gasteiger partial charge in [0.25, 0.3) is 0 Å². The van der Waals surface area contributed by atoms with Gasteiger partial charge in [-0.05, 0) is 55.7 Å². The number of benzene rings is 1. The topological polar surface area (TPSA) is 63.6 Å². The number of carbonyl (C=O) groups excluding carboxylic acids is 2. The molecular formula is C25H36O4. The number of hydrogen-bond donors (Lipinski definition) is 1. The van der Waals surface area contributed by atoms with E-state index in [1.807, 2.05) is 18.2 Å². The molecule has 4 nitrogen and oxygen atoms in total. The van der Waals surface area contributed by atoms with Crippen LogP contribution in [0.4, 0.5) is 0 Å². The van der Waals surface area contributed by atoms with Gasteiger partial charge in [0.1, 0.15) is 5.75 Å². The molecule has 0 spiro atoms. The van der Waals surface area contributed by atoms with Crippen molar-refractivity contribution in [2.24, 2.45) is 11.8 Å². The first-order chi connectivity index (χ1) is 14.1. The summed E-state index contributed by atoms with van der Waals surface area (Å²) in [5.74, 6) is -0.607. The average molecular weight is 401 g/mol. The number of rotatable bonds is 14. The third kappa shape index (κ3) is 8.84. The summed E-state index contributed by atoms with van der Waals surface area (Å²) in [7, 11) is 0. The summed E-state index contributed by atoms with van der Waals surface area (Å²) < 4.78 is 4.79. The molecule has 1 N–H and O–H groups in total. The summed E-state index contributed by atoms with van der Waals surface area (Å²) in [5, 5.41) is 9.52. The minimum atomic E-state index is -0.382. The van der Waals surface area contributed by atoms with Crippen molar-refractivity contribution in [3.05, 3.63) is 42.0 Å². The third-order valence-electron chi connectivity index (χ3n) is 5.69. The summed E-state index contributed by atoms with van der Waals surface area (Å²) >= 11 is 0. The highest BCUT2D eigenvalue weighted by Gasteiger charge is 2.37. The van der Waals surface area contributed by atoms with Gasteiger partial charge < -0.3 is 9.84 Å². The molecule has 4 heteroatoms. The van der Waals surface area contributed by atoms with Gasteiger partial charge in [0, 0.05) is 0 Å². The van der Waals surface area contributed by atoms with Crippen molar-refractivity contribution in [3.8, 4) is 5.75 Å².